The number of amides is 1. The zero-order valence-electron chi connectivity index (χ0n) is 12.3. The average molecular weight is 315 g/mol. The summed E-state index contributed by atoms with van der Waals surface area (Å²) in [7, 11) is 1.66. The topological polar surface area (TPSA) is 59.6 Å². The molecule has 1 atom stereocenters. The second kappa shape index (κ2) is 9.60. The van der Waals surface area contributed by atoms with Crippen molar-refractivity contribution in [1.29, 1.82) is 0 Å². The molecule has 0 aromatic heterocycles. The van der Waals surface area contributed by atoms with Gasteiger partial charge in [-0.25, -0.2) is 0 Å². The predicted molar refractivity (Wildman–Crippen MR) is 84.2 cm³/mol. The van der Waals surface area contributed by atoms with Crippen molar-refractivity contribution in [2.75, 3.05) is 33.4 Å². The van der Waals surface area contributed by atoms with Crippen molar-refractivity contribution < 1.29 is 14.3 Å². The van der Waals surface area contributed by atoms with Gasteiger partial charge in [0.25, 0.3) is 0 Å². The summed E-state index contributed by atoms with van der Waals surface area (Å²) in [4.78, 5) is 11.8. The Hall–Kier alpha value is -1.30. The van der Waals surface area contributed by atoms with E-state index in [-0.39, 0.29) is 24.4 Å². The van der Waals surface area contributed by atoms with E-state index >= 15 is 0 Å². The highest BCUT2D eigenvalue weighted by Crippen LogP contribution is 2.13. The molecule has 1 unspecified atom stereocenters. The monoisotopic (exact) mass is 314 g/mol. The molecule has 118 valence electrons. The molecule has 1 aliphatic heterocycles. The molecule has 1 heterocycles. The Balaban J connectivity index is 0.00000220. The van der Waals surface area contributed by atoms with Gasteiger partial charge in [-0.2, -0.15) is 0 Å². The second-order valence-corrected chi connectivity index (χ2v) is 4.81. The average Bonchev–Trinajstić information content (AvgIpc) is 2.52. The maximum atomic E-state index is 11.8. The fourth-order valence-electron chi connectivity index (χ4n) is 2.18. The van der Waals surface area contributed by atoms with Crippen molar-refractivity contribution >= 4 is 18.3 Å². The van der Waals surface area contributed by atoms with Crippen LogP contribution < -0.4 is 15.4 Å². The third kappa shape index (κ3) is 5.91. The summed E-state index contributed by atoms with van der Waals surface area (Å²) in [5.41, 5.74) is 1.22. The number of methoxy groups -OCH3 is 1. The Morgan fingerprint density at radius 2 is 2.38 bits per heavy atom. The first-order valence-electron chi connectivity index (χ1n) is 7.02. The van der Waals surface area contributed by atoms with E-state index in [1.807, 2.05) is 18.2 Å². The molecule has 0 aliphatic carbocycles. The van der Waals surface area contributed by atoms with Gasteiger partial charge in [0, 0.05) is 19.6 Å². The van der Waals surface area contributed by atoms with Gasteiger partial charge in [0.2, 0.25) is 5.91 Å². The van der Waals surface area contributed by atoms with E-state index in [0.29, 0.717) is 19.7 Å². The fourth-order valence-corrected chi connectivity index (χ4v) is 2.18. The van der Waals surface area contributed by atoms with E-state index in [1.54, 1.807) is 7.11 Å². The number of morpholine rings is 1. The highest BCUT2D eigenvalue weighted by atomic mass is 35.5. The van der Waals surface area contributed by atoms with Gasteiger partial charge in [0.15, 0.2) is 0 Å². The zero-order valence-corrected chi connectivity index (χ0v) is 13.1. The minimum atomic E-state index is -0.347. The van der Waals surface area contributed by atoms with Crippen LogP contribution in [-0.4, -0.2) is 45.4 Å². The smallest absolute Gasteiger partial charge is 0.250 e. The third-order valence-corrected chi connectivity index (χ3v) is 3.30. The van der Waals surface area contributed by atoms with Crippen LogP contribution in [-0.2, 0) is 16.0 Å². The Bertz CT molecular complexity index is 437. The Labute approximate surface area is 131 Å². The van der Waals surface area contributed by atoms with Crippen LogP contribution in [0.1, 0.15) is 12.0 Å². The highest BCUT2D eigenvalue weighted by Gasteiger charge is 2.20. The molecular weight excluding hydrogens is 292 g/mol. The van der Waals surface area contributed by atoms with Crippen LogP contribution in [0.15, 0.2) is 24.3 Å². The third-order valence-electron chi connectivity index (χ3n) is 3.30. The number of carbonyl (C=O) groups excluding carboxylic acids is 1. The van der Waals surface area contributed by atoms with Crippen LogP contribution >= 0.6 is 12.4 Å². The van der Waals surface area contributed by atoms with Crippen LogP contribution in [0.5, 0.6) is 5.75 Å². The van der Waals surface area contributed by atoms with Crippen LogP contribution in [0.2, 0.25) is 0 Å². The van der Waals surface area contributed by atoms with E-state index in [1.165, 1.54) is 5.56 Å². The number of hydrogen-bond acceptors (Lipinski definition) is 4. The molecule has 2 N–H and O–H groups in total. The summed E-state index contributed by atoms with van der Waals surface area (Å²) >= 11 is 0. The minimum absolute atomic E-state index is 0. The van der Waals surface area contributed by atoms with E-state index in [9.17, 15) is 4.79 Å². The quantitative estimate of drug-likeness (QED) is 0.774. The summed E-state index contributed by atoms with van der Waals surface area (Å²) in [5.74, 6) is 0.844. The SMILES string of the molecule is COc1cccc(CCCNC(=O)C2CNCCO2)c1.Cl. The molecule has 0 bridgehead atoms. The lowest BCUT2D eigenvalue weighted by atomic mass is 10.1. The van der Waals surface area contributed by atoms with Crippen molar-refractivity contribution in [3.8, 4) is 5.75 Å². The van der Waals surface area contributed by atoms with Crippen molar-refractivity contribution in [3.63, 3.8) is 0 Å². The molecule has 1 aromatic rings. The maximum Gasteiger partial charge on any atom is 0.250 e. The summed E-state index contributed by atoms with van der Waals surface area (Å²) in [5, 5.41) is 6.06. The second-order valence-electron chi connectivity index (χ2n) is 4.81. The van der Waals surface area contributed by atoms with Gasteiger partial charge in [0.1, 0.15) is 11.9 Å². The number of nitrogens with one attached hydrogen (secondary N) is 2. The van der Waals surface area contributed by atoms with E-state index in [0.717, 1.165) is 25.1 Å². The molecule has 1 aliphatic rings. The predicted octanol–water partition coefficient (Wildman–Crippen LogP) is 1.15. The van der Waals surface area contributed by atoms with Crippen molar-refractivity contribution in [2.45, 2.75) is 18.9 Å². The van der Waals surface area contributed by atoms with E-state index < -0.39 is 0 Å². The van der Waals surface area contributed by atoms with Gasteiger partial charge in [-0.05, 0) is 30.5 Å². The summed E-state index contributed by atoms with van der Waals surface area (Å²) < 4.78 is 10.6. The van der Waals surface area contributed by atoms with E-state index in [2.05, 4.69) is 16.7 Å². The highest BCUT2D eigenvalue weighted by molar-refractivity contribution is 5.85. The zero-order chi connectivity index (χ0) is 14.2. The molecule has 2 rings (SSSR count). The summed E-state index contributed by atoms with van der Waals surface area (Å²) in [6.07, 6.45) is 1.47. The van der Waals surface area contributed by atoms with Gasteiger partial charge in [-0.15, -0.1) is 12.4 Å². The number of benzene rings is 1. The Morgan fingerprint density at radius 3 is 3.10 bits per heavy atom. The molecule has 0 spiro atoms. The number of halogens is 1. The van der Waals surface area contributed by atoms with Crippen molar-refractivity contribution in [1.82, 2.24) is 10.6 Å². The lowest BCUT2D eigenvalue weighted by Gasteiger charge is -2.22. The molecule has 5 nitrogen and oxygen atoms in total. The van der Waals surface area contributed by atoms with Crippen LogP contribution in [0.3, 0.4) is 0 Å². The molecule has 0 radical (unpaired) electrons. The number of ether oxygens (including phenoxy) is 2. The standard InChI is InChI=1S/C15H22N2O3.ClH/c1-19-13-6-2-4-12(10-13)5-3-7-17-15(18)14-11-16-8-9-20-14;/h2,4,6,10,14,16H,3,5,7-9,11H2,1H3,(H,17,18);1H. The van der Waals surface area contributed by atoms with Crippen LogP contribution in [0.25, 0.3) is 0 Å². The fraction of sp³-hybridized carbons (Fsp3) is 0.533. The molecule has 6 heteroatoms. The lowest BCUT2D eigenvalue weighted by Crippen LogP contribution is -2.48. The number of aryl methyl sites for hydroxylation is 1. The first-order chi connectivity index (χ1) is 9.79. The lowest BCUT2D eigenvalue weighted by molar-refractivity contribution is -0.134. The first kappa shape index (κ1) is 17.8. The first-order valence-corrected chi connectivity index (χ1v) is 7.02. The number of rotatable bonds is 6. The van der Waals surface area contributed by atoms with Gasteiger partial charge in [-0.3, -0.25) is 4.79 Å². The van der Waals surface area contributed by atoms with Gasteiger partial charge in [-0.1, -0.05) is 12.1 Å². The molecule has 21 heavy (non-hydrogen) atoms. The van der Waals surface area contributed by atoms with E-state index in [4.69, 9.17) is 9.47 Å². The Kier molecular flexibility index (Phi) is 8.12. The molecule has 1 saturated heterocycles. The van der Waals surface area contributed by atoms with Gasteiger partial charge < -0.3 is 20.1 Å². The maximum absolute atomic E-state index is 11.8. The number of carbonyl (C=O) groups is 1. The minimum Gasteiger partial charge on any atom is -0.497 e. The Morgan fingerprint density at radius 1 is 1.52 bits per heavy atom. The van der Waals surface area contributed by atoms with Gasteiger partial charge >= 0.3 is 0 Å². The largest absolute Gasteiger partial charge is 0.497 e. The number of hydrogen-bond donors (Lipinski definition) is 2. The van der Waals surface area contributed by atoms with Gasteiger partial charge in [0.05, 0.1) is 13.7 Å². The summed E-state index contributed by atoms with van der Waals surface area (Å²) in [6, 6.07) is 8.00. The van der Waals surface area contributed by atoms with Crippen molar-refractivity contribution in [2.24, 2.45) is 0 Å². The molecule has 1 amide bonds. The normalized spacial score (nSPS) is 17.7. The molecule has 0 saturated carbocycles. The summed E-state index contributed by atoms with van der Waals surface area (Å²) in [6.45, 7) is 2.68. The molecular formula is C15H23ClN2O3. The van der Waals surface area contributed by atoms with Crippen LogP contribution in [0, 0.1) is 0 Å². The molecule has 1 fully saturated rings. The van der Waals surface area contributed by atoms with Crippen molar-refractivity contribution in [3.05, 3.63) is 29.8 Å². The molecule has 1 aromatic carbocycles. The van der Waals surface area contributed by atoms with Crippen LogP contribution in [0.4, 0.5) is 0 Å².